The number of halogens is 1. The molecule has 0 bridgehead atoms. The third kappa shape index (κ3) is 9.95. The molecule has 6 aromatic rings. The summed E-state index contributed by atoms with van der Waals surface area (Å²) < 4.78 is 67.7. The molecule has 2 N–H and O–H groups in total. The summed E-state index contributed by atoms with van der Waals surface area (Å²) in [5.74, 6) is 0.683. The molecule has 21 heteroatoms. The van der Waals surface area contributed by atoms with Crippen LogP contribution in [0, 0.1) is 8.99 Å². The van der Waals surface area contributed by atoms with Crippen molar-refractivity contribution in [3.63, 3.8) is 0 Å². The second kappa shape index (κ2) is 20.3. The summed E-state index contributed by atoms with van der Waals surface area (Å²) in [5.41, 5.74) is 0.319. The molecule has 2 aliphatic heterocycles. The number of aromatic nitrogens is 4. The zero-order chi connectivity index (χ0) is 50.1. The summed E-state index contributed by atoms with van der Waals surface area (Å²) in [7, 11) is -0.0676. The van der Waals surface area contributed by atoms with Gasteiger partial charge >= 0.3 is 6.09 Å². The van der Waals surface area contributed by atoms with Gasteiger partial charge in [-0.25, -0.2) is 13.2 Å². The number of likely N-dealkylation sites (tertiary alicyclic amines) is 1. The Hall–Kier alpha value is -6.11. The molecule has 0 aliphatic carbocycles. The number of imide groups is 1. The summed E-state index contributed by atoms with van der Waals surface area (Å²) in [6, 6.07) is 29.9. The van der Waals surface area contributed by atoms with Crippen molar-refractivity contribution in [1.29, 1.82) is 0 Å². The van der Waals surface area contributed by atoms with Crippen molar-refractivity contribution in [2.24, 2.45) is 5.41 Å². The summed E-state index contributed by atoms with van der Waals surface area (Å²) in [6.45, 7) is 4.93. The van der Waals surface area contributed by atoms with Crippen molar-refractivity contribution in [2.45, 2.75) is 68.2 Å². The highest BCUT2D eigenvalue weighted by Gasteiger charge is 2.58. The molecule has 8 rings (SSSR count). The van der Waals surface area contributed by atoms with Crippen LogP contribution < -0.4 is 18.9 Å². The Morgan fingerprint density at radius 1 is 0.843 bits per heavy atom. The van der Waals surface area contributed by atoms with E-state index in [9.17, 15) is 19.5 Å². The third-order valence-corrected chi connectivity index (χ3v) is 17.0. The molecule has 2 aliphatic rings. The van der Waals surface area contributed by atoms with E-state index in [2.05, 4.69) is 20.1 Å². The van der Waals surface area contributed by atoms with E-state index in [-0.39, 0.29) is 71.5 Å². The van der Waals surface area contributed by atoms with Gasteiger partial charge in [-0.3, -0.25) is 19.4 Å². The van der Waals surface area contributed by atoms with Crippen molar-refractivity contribution >= 4 is 61.9 Å². The Morgan fingerprint density at radius 3 is 1.84 bits per heavy atom. The van der Waals surface area contributed by atoms with Crippen molar-refractivity contribution in [3.05, 3.63) is 141 Å². The number of carboxylic acid groups (broad SMARTS) is 1. The minimum atomic E-state index is -4.71. The minimum absolute atomic E-state index is 0.00353. The monoisotopic (exact) mass is 1100 g/mol. The van der Waals surface area contributed by atoms with Crippen LogP contribution in [0.2, 0.25) is 0 Å². The molecule has 0 spiro atoms. The second-order valence-corrected chi connectivity index (χ2v) is 22.2. The van der Waals surface area contributed by atoms with Crippen LogP contribution in [0.4, 0.5) is 4.79 Å². The fraction of sp³-hybridized carbons (Fsp3) is 0.306. The topological polar surface area (TPSA) is 222 Å². The van der Waals surface area contributed by atoms with Crippen LogP contribution in [-0.2, 0) is 41.0 Å². The summed E-state index contributed by atoms with van der Waals surface area (Å²) in [4.78, 5) is 43.8. The first kappa shape index (κ1) is 50.3. The predicted octanol–water partition coefficient (Wildman–Crippen LogP) is 6.86. The normalized spacial score (nSPS) is 17.5. The van der Waals surface area contributed by atoms with Gasteiger partial charge in [0.2, 0.25) is 15.8 Å². The van der Waals surface area contributed by atoms with Crippen LogP contribution in [-0.4, -0.2) is 116 Å². The van der Waals surface area contributed by atoms with Gasteiger partial charge in [0.05, 0.1) is 74.1 Å². The molecule has 1 fully saturated rings. The molecule has 1 aromatic heterocycles. The van der Waals surface area contributed by atoms with Crippen LogP contribution in [0.25, 0.3) is 11.4 Å². The highest BCUT2D eigenvalue weighted by atomic mass is 127. The fourth-order valence-corrected chi connectivity index (χ4v) is 13.1. The number of ether oxygens (including phenoxy) is 3. The van der Waals surface area contributed by atoms with Crippen LogP contribution >= 0.6 is 22.6 Å². The molecule has 3 heterocycles. The number of carbonyl (C=O) groups excluding carboxylic acids is 2. The summed E-state index contributed by atoms with van der Waals surface area (Å²) in [5, 5.41) is 24.1. The maximum Gasteiger partial charge on any atom is 0.407 e. The van der Waals surface area contributed by atoms with E-state index in [0.29, 0.717) is 31.9 Å². The number of sulfonamides is 1. The van der Waals surface area contributed by atoms with Gasteiger partial charge in [0.1, 0.15) is 17.2 Å². The molecule has 366 valence electrons. The Balaban J connectivity index is 1.21. The van der Waals surface area contributed by atoms with E-state index in [1.165, 1.54) is 34.3 Å². The van der Waals surface area contributed by atoms with E-state index in [1.807, 2.05) is 55.5 Å². The summed E-state index contributed by atoms with van der Waals surface area (Å²) in [6.07, 6.45) is -1.30. The third-order valence-electron chi connectivity index (χ3n) is 12.8. The zero-order valence-corrected chi connectivity index (χ0v) is 42.9. The fourth-order valence-electron chi connectivity index (χ4n) is 8.95. The number of hydrogen-bond acceptors (Lipinski definition) is 13. The minimum Gasteiger partial charge on any atom is -0.593 e. The van der Waals surface area contributed by atoms with Crippen LogP contribution in [0.3, 0.4) is 0 Å². The van der Waals surface area contributed by atoms with E-state index in [0.717, 1.165) is 10.5 Å². The van der Waals surface area contributed by atoms with Crippen LogP contribution in [0.15, 0.2) is 119 Å². The van der Waals surface area contributed by atoms with Crippen molar-refractivity contribution in [2.75, 3.05) is 34.4 Å². The van der Waals surface area contributed by atoms with Gasteiger partial charge in [0.15, 0.2) is 9.79 Å². The Kier molecular flexibility index (Phi) is 14.6. The predicted molar refractivity (Wildman–Crippen MR) is 267 cm³/mol. The molecule has 0 radical (unpaired) electrons. The van der Waals surface area contributed by atoms with Gasteiger partial charge in [0.25, 0.3) is 11.8 Å². The molecule has 3 amide bonds. The highest BCUT2D eigenvalue weighted by molar-refractivity contribution is 14.1. The number of fused-ring (bicyclic) bond motifs is 1. The molecule has 18 nitrogen and oxygen atoms in total. The smallest absolute Gasteiger partial charge is 0.407 e. The zero-order valence-electron chi connectivity index (χ0n) is 39.2. The molecular formula is C49H51IN8O10S2. The van der Waals surface area contributed by atoms with Crippen LogP contribution in [0.5, 0.6) is 17.2 Å². The maximum absolute atomic E-state index is 15.8. The lowest BCUT2D eigenvalue weighted by Crippen LogP contribution is -2.61. The number of nitrogens with one attached hydrogen (secondary N) is 1. The lowest BCUT2D eigenvalue weighted by Gasteiger charge is -2.48. The molecule has 1 unspecified atom stereocenters. The van der Waals surface area contributed by atoms with Gasteiger partial charge in [-0.1, -0.05) is 69.3 Å². The number of rotatable bonds is 17. The standard InChI is InChI=1S/C49H51IN8O10S2/c1-48(2,3)49(30-56-45(59)38-9-7-8-10-39(38)46(56)60)25-34(29-57(49)47(61)62)53-69(63)41-24-23-40(50)42(44-51-54-58(52-44)28-33-15-21-37(68-6)22-16-33)43(41)70(64,65)55(26-31-11-17-35(66-4)18-12-31)27-32-13-19-36(67-5)20-14-32/h7-24,34,53H,25-30H2,1-6H3,(H,61,62)/t34-,49-,69?/m1/s1. The van der Waals surface area contributed by atoms with Gasteiger partial charge < -0.3 is 23.9 Å². The molecule has 0 saturated carbocycles. The van der Waals surface area contributed by atoms with Gasteiger partial charge in [-0.15, -0.1) is 14.9 Å². The first-order valence-electron chi connectivity index (χ1n) is 22.0. The molecule has 1 saturated heterocycles. The van der Waals surface area contributed by atoms with E-state index in [1.54, 1.807) is 98.1 Å². The van der Waals surface area contributed by atoms with E-state index in [4.69, 9.17) is 14.2 Å². The van der Waals surface area contributed by atoms with Crippen molar-refractivity contribution in [3.8, 4) is 28.6 Å². The van der Waals surface area contributed by atoms with E-state index < -0.39 is 56.3 Å². The number of tetrazole rings is 1. The average molecular weight is 1100 g/mol. The van der Waals surface area contributed by atoms with Gasteiger partial charge in [-0.05, 0) is 117 Å². The Morgan fingerprint density at radius 2 is 1.36 bits per heavy atom. The van der Waals surface area contributed by atoms with Gasteiger partial charge in [-0.2, -0.15) is 9.10 Å². The SMILES string of the molecule is COc1ccc(CN(Cc2ccc(OC)cc2)S(=O)(=O)c2c([S+]([O-])N[C@H]3CN(C(=O)O)[C@](CN4C(=O)c5ccccc5C4=O)(C(C)(C)C)C3)ccc(I)c2-c2nnn(Cc3ccc(OC)cc3)n2)cc1. The lowest BCUT2D eigenvalue weighted by atomic mass is 9.71. The number of benzene rings is 5. The Labute approximate surface area is 422 Å². The number of hydrogen-bond donors (Lipinski definition) is 2. The first-order valence-corrected chi connectivity index (χ1v) is 25.7. The quantitative estimate of drug-likeness (QED) is 0.0542. The largest absolute Gasteiger partial charge is 0.593 e. The average Bonchev–Trinajstić information content (AvgIpc) is 4.04. The molecule has 5 aromatic carbocycles. The number of amides is 3. The Bertz CT molecular complexity index is 2940. The highest BCUT2D eigenvalue weighted by Crippen LogP contribution is 2.46. The van der Waals surface area contributed by atoms with Gasteiger partial charge in [0, 0.05) is 23.2 Å². The molecule has 3 atom stereocenters. The lowest BCUT2D eigenvalue weighted by molar-refractivity contribution is 0.00664. The number of nitrogens with zero attached hydrogens (tertiary/aromatic N) is 7. The number of carbonyl (C=O) groups is 3. The molecular weight excluding hydrogens is 1050 g/mol. The first-order chi connectivity index (χ1) is 33.4. The second-order valence-electron chi connectivity index (χ2n) is 17.9. The van der Waals surface area contributed by atoms with Crippen molar-refractivity contribution < 1.29 is 46.7 Å². The molecule has 70 heavy (non-hydrogen) atoms. The number of methoxy groups -OCH3 is 3. The maximum atomic E-state index is 15.8. The van der Waals surface area contributed by atoms with Crippen LogP contribution in [0.1, 0.15) is 64.6 Å². The summed E-state index contributed by atoms with van der Waals surface area (Å²) >= 11 is -0.358. The van der Waals surface area contributed by atoms with E-state index >= 15 is 13.0 Å². The van der Waals surface area contributed by atoms with Crippen molar-refractivity contribution in [1.82, 2.24) is 39.0 Å².